The van der Waals surface area contributed by atoms with Crippen LogP contribution in [-0.4, -0.2) is 180 Å². The van der Waals surface area contributed by atoms with Crippen LogP contribution in [0.2, 0.25) is 0 Å². The molecule has 1 amide bonds. The summed E-state index contributed by atoms with van der Waals surface area (Å²) in [4.78, 5) is 64.6. The van der Waals surface area contributed by atoms with Gasteiger partial charge in [-0.15, -0.1) is 0 Å². The van der Waals surface area contributed by atoms with Gasteiger partial charge in [-0.05, 0) is 33.8 Å². The Morgan fingerprint density at radius 2 is 1.44 bits per heavy atom. The number of aromatic nitrogens is 2. The average molecular weight is 912 g/mol. The zero-order chi connectivity index (χ0) is 46.4. The minimum absolute atomic E-state index is 0.0302. The van der Waals surface area contributed by atoms with Gasteiger partial charge < -0.3 is 73.5 Å². The first-order valence-electron chi connectivity index (χ1n) is 20.0. The minimum Gasteiger partial charge on any atom is -0.463 e. The molecule has 0 spiro atoms. The molecule has 354 valence electrons. The van der Waals surface area contributed by atoms with Crippen molar-refractivity contribution in [2.75, 3.05) is 71.8 Å². The second kappa shape index (κ2) is 24.4. The summed E-state index contributed by atoms with van der Waals surface area (Å²) in [7, 11) is -4.60. The lowest BCUT2D eigenvalue weighted by Gasteiger charge is -2.47. The monoisotopic (exact) mass is 911 g/mol. The van der Waals surface area contributed by atoms with Crippen molar-refractivity contribution in [3.8, 4) is 0 Å². The van der Waals surface area contributed by atoms with Crippen molar-refractivity contribution in [2.45, 2.75) is 122 Å². The van der Waals surface area contributed by atoms with Crippen molar-refractivity contribution < 1.29 is 86.2 Å². The van der Waals surface area contributed by atoms with Gasteiger partial charge in [-0.3, -0.25) is 28.3 Å². The number of nitrogens with zero attached hydrogens (tertiary/aromatic N) is 3. The molecule has 0 bridgehead atoms. The molecule has 10 atom stereocenters. The molecule has 2 aliphatic rings. The molecule has 0 aliphatic carbocycles. The van der Waals surface area contributed by atoms with E-state index in [9.17, 15) is 39.3 Å². The molecule has 1 unspecified atom stereocenters. The Kier molecular flexibility index (Phi) is 20.8. The van der Waals surface area contributed by atoms with Crippen LogP contribution in [0.3, 0.4) is 0 Å². The number of aliphatic hydroxyl groups is 3. The largest absolute Gasteiger partial charge is 0.463 e. The number of anilines is 1. The number of hydrogen-bond acceptors (Lipinski definition) is 21. The van der Waals surface area contributed by atoms with Crippen molar-refractivity contribution in [1.29, 1.82) is 0 Å². The van der Waals surface area contributed by atoms with E-state index in [1.54, 1.807) is 27.7 Å². The highest BCUT2D eigenvalue weighted by Crippen LogP contribution is 2.69. The number of esters is 3. The topological polar surface area (TPSA) is 315 Å². The number of nitrogens with two attached hydrogens (primary N) is 1. The number of ether oxygens (including phenoxy) is 9. The third-order valence-electron chi connectivity index (χ3n) is 9.35. The molecular formula is C37H62N5O19P. The maximum absolute atomic E-state index is 15.4. The highest BCUT2D eigenvalue weighted by molar-refractivity contribution is 7.57. The van der Waals surface area contributed by atoms with Gasteiger partial charge >= 0.3 is 31.1 Å². The molecule has 62 heavy (non-hydrogen) atoms. The highest BCUT2D eigenvalue weighted by Gasteiger charge is 2.69. The van der Waals surface area contributed by atoms with E-state index >= 15 is 4.57 Å². The SMILES string of the molecule is CC(=O)N[C@H]1[C@H](OCCOCCOCCOCCOP(=O)(N(C(C)C)C(C)C)[C@@]2(n3ccc(N)nc3=O)O[C@H](CO)[C@@H](O)[C@H]2O)O[C@H](COC(C)=O)[C@H](OC(C)=O)[C@@H]1OC(C)=O. The first kappa shape index (κ1) is 52.7. The molecule has 25 heteroatoms. The second-order valence-electron chi connectivity index (χ2n) is 14.8. The van der Waals surface area contributed by atoms with E-state index in [0.717, 1.165) is 24.6 Å². The van der Waals surface area contributed by atoms with Crippen LogP contribution in [0.15, 0.2) is 17.1 Å². The summed E-state index contributed by atoms with van der Waals surface area (Å²) < 4.78 is 74.1. The van der Waals surface area contributed by atoms with Gasteiger partial charge in [0, 0.05) is 46.0 Å². The predicted octanol–water partition coefficient (Wildman–Crippen LogP) is -1.40. The van der Waals surface area contributed by atoms with Gasteiger partial charge in [0.15, 0.2) is 18.5 Å². The molecule has 3 heterocycles. The maximum Gasteiger partial charge on any atom is 0.352 e. The van der Waals surface area contributed by atoms with Gasteiger partial charge in [0.1, 0.15) is 42.9 Å². The average Bonchev–Trinajstić information content (AvgIpc) is 3.43. The summed E-state index contributed by atoms with van der Waals surface area (Å²) in [6.45, 7) is 10.4. The fourth-order valence-corrected chi connectivity index (χ4v) is 10.5. The number of hydrogen-bond donors (Lipinski definition) is 5. The molecule has 2 aliphatic heterocycles. The lowest BCUT2D eigenvalue weighted by molar-refractivity contribution is -0.279. The van der Waals surface area contributed by atoms with Gasteiger partial charge in [0.2, 0.25) is 5.91 Å². The summed E-state index contributed by atoms with van der Waals surface area (Å²) in [5.74, 6) is -2.79. The van der Waals surface area contributed by atoms with Crippen molar-refractivity contribution in [1.82, 2.24) is 19.5 Å². The fourth-order valence-electron chi connectivity index (χ4n) is 7.11. The van der Waals surface area contributed by atoms with Gasteiger partial charge in [0.05, 0.1) is 59.5 Å². The van der Waals surface area contributed by atoms with Crippen LogP contribution in [0, 0.1) is 0 Å². The minimum atomic E-state index is -4.60. The number of rotatable bonds is 25. The van der Waals surface area contributed by atoms with Gasteiger partial charge in [0.25, 0.3) is 5.47 Å². The predicted molar refractivity (Wildman–Crippen MR) is 213 cm³/mol. The number of amides is 1. The first-order chi connectivity index (χ1) is 29.2. The van der Waals surface area contributed by atoms with Crippen LogP contribution < -0.4 is 16.7 Å². The van der Waals surface area contributed by atoms with E-state index in [4.69, 9.17) is 52.9 Å². The van der Waals surface area contributed by atoms with Crippen molar-refractivity contribution in [2.24, 2.45) is 0 Å². The molecule has 3 rings (SSSR count). The number of nitrogen functional groups attached to an aromatic ring is 1. The molecule has 0 aromatic carbocycles. The number of carbonyl (C=O) groups excluding carboxylic acids is 4. The van der Waals surface area contributed by atoms with Gasteiger partial charge in [-0.25, -0.2) is 9.46 Å². The Morgan fingerprint density at radius 1 is 0.887 bits per heavy atom. The molecular weight excluding hydrogens is 849 g/mol. The molecule has 24 nitrogen and oxygen atoms in total. The van der Waals surface area contributed by atoms with Crippen LogP contribution in [-0.2, 0) is 76.4 Å². The number of carbonyl (C=O) groups is 4. The normalized spacial score (nSPS) is 27.3. The Hall–Kier alpha value is -3.65. The van der Waals surface area contributed by atoms with E-state index in [1.807, 2.05) is 0 Å². The number of aliphatic hydroxyl groups excluding tert-OH is 3. The number of nitrogens with one attached hydrogen (secondary N) is 1. The first-order valence-corrected chi connectivity index (χ1v) is 21.6. The molecule has 0 radical (unpaired) electrons. The third kappa shape index (κ3) is 13.4. The van der Waals surface area contributed by atoms with Crippen LogP contribution in [0.1, 0.15) is 55.4 Å². The molecule has 1 aromatic heterocycles. The van der Waals surface area contributed by atoms with Crippen LogP contribution in [0.4, 0.5) is 5.82 Å². The van der Waals surface area contributed by atoms with E-state index in [2.05, 4.69) is 10.3 Å². The Balaban J connectivity index is 1.55. The molecule has 2 fully saturated rings. The van der Waals surface area contributed by atoms with Crippen LogP contribution in [0.5, 0.6) is 0 Å². The van der Waals surface area contributed by atoms with E-state index in [1.165, 1.54) is 24.6 Å². The van der Waals surface area contributed by atoms with E-state index in [-0.39, 0.29) is 65.3 Å². The fraction of sp³-hybridized carbons (Fsp3) is 0.784. The molecule has 2 saturated heterocycles. The maximum atomic E-state index is 15.4. The highest BCUT2D eigenvalue weighted by atomic mass is 31.2. The van der Waals surface area contributed by atoms with Crippen molar-refractivity contribution in [3.63, 3.8) is 0 Å². The summed E-state index contributed by atoms with van der Waals surface area (Å²) in [5.41, 5.74) is 2.12. The van der Waals surface area contributed by atoms with Crippen LogP contribution in [0.25, 0.3) is 0 Å². The van der Waals surface area contributed by atoms with E-state index < -0.39 is 110 Å². The Morgan fingerprint density at radius 3 is 1.92 bits per heavy atom. The van der Waals surface area contributed by atoms with E-state index in [0.29, 0.717) is 0 Å². The quantitative estimate of drug-likeness (QED) is 0.0326. The zero-order valence-corrected chi connectivity index (χ0v) is 37.1. The van der Waals surface area contributed by atoms with Crippen molar-refractivity contribution >= 4 is 37.2 Å². The lowest BCUT2D eigenvalue weighted by atomic mass is 9.96. The lowest BCUT2D eigenvalue weighted by Crippen LogP contribution is -2.66. The molecule has 1 aromatic rings. The van der Waals surface area contributed by atoms with Gasteiger partial charge in [-0.2, -0.15) is 4.98 Å². The summed E-state index contributed by atoms with van der Waals surface area (Å²) in [6.07, 6.45) is -8.99. The third-order valence-corrected chi connectivity index (χ3v) is 12.8. The van der Waals surface area contributed by atoms with Crippen molar-refractivity contribution in [3.05, 3.63) is 22.7 Å². The zero-order valence-electron chi connectivity index (χ0n) is 36.2. The summed E-state index contributed by atoms with van der Waals surface area (Å²) in [6, 6.07) is -0.907. The Bertz CT molecular complexity index is 1730. The molecule has 6 N–H and O–H groups in total. The standard InChI is InChI=1S/C37H62N5O19P/c1-21(2)42(22(3)4)62(51,37(34(49)31(48)27(19-43)61-37)41-10-9-29(38)40-36(41)50)57-18-16-54-14-12-52-11-13-53-15-17-55-35-30(39-23(5)44)33(59-26(8)47)32(58-25(7)46)28(60-35)20-56-24(6)45/h9-10,21-22,27-28,30-35,43,48-49H,11-20H2,1-8H3,(H,39,44)(H2,38,40,50)/t27-,28-,30-,31-,32+,33-,34-,35-,37+,62?/m1/s1. The van der Waals surface area contributed by atoms with Gasteiger partial charge in [-0.1, -0.05) is 0 Å². The summed E-state index contributed by atoms with van der Waals surface area (Å²) >= 11 is 0. The summed E-state index contributed by atoms with van der Waals surface area (Å²) in [5, 5.41) is 35.0. The van der Waals surface area contributed by atoms with Crippen LogP contribution >= 0.6 is 7.52 Å². The second-order valence-corrected chi connectivity index (χ2v) is 17.2. The Labute approximate surface area is 359 Å². The smallest absolute Gasteiger partial charge is 0.352 e. The molecule has 0 saturated carbocycles.